The summed E-state index contributed by atoms with van der Waals surface area (Å²) in [7, 11) is 1.56. The molecule has 1 saturated carbocycles. The molecule has 1 heterocycles. The monoisotopic (exact) mass is 432 g/mol. The lowest BCUT2D eigenvalue weighted by molar-refractivity contribution is -0.140. The molecular weight excluding hydrogens is 412 g/mol. The maximum atomic E-state index is 12.8. The van der Waals surface area contributed by atoms with Crippen LogP contribution in [0.4, 0.5) is 0 Å². The number of nitrogens with zero attached hydrogens (tertiary/aromatic N) is 2. The summed E-state index contributed by atoms with van der Waals surface area (Å²) >= 11 is 3.47. The molecule has 1 aromatic carbocycles. The first kappa shape index (κ1) is 18.2. The lowest BCUT2D eigenvalue weighted by Crippen LogP contribution is -2.38. The molecule has 3 aliphatic carbocycles. The number of hydrogen-bond acceptors (Lipinski definition) is 5. The van der Waals surface area contributed by atoms with Gasteiger partial charge in [-0.25, -0.2) is 0 Å². The van der Waals surface area contributed by atoms with Gasteiger partial charge < -0.3 is 9.47 Å². The van der Waals surface area contributed by atoms with Crippen molar-refractivity contribution in [2.75, 3.05) is 13.7 Å². The summed E-state index contributed by atoms with van der Waals surface area (Å²) in [5.41, 5.74) is 0.707. The summed E-state index contributed by atoms with van der Waals surface area (Å²) < 4.78 is 11.7. The van der Waals surface area contributed by atoms with Gasteiger partial charge in [0.15, 0.2) is 11.5 Å². The number of carbonyl (C=O) groups is 2. The van der Waals surface area contributed by atoms with Crippen LogP contribution in [0.2, 0.25) is 0 Å². The molecule has 4 atom stereocenters. The number of imide groups is 1. The number of rotatable bonds is 5. The number of methoxy groups -OCH3 is 1. The molecule has 27 heavy (non-hydrogen) atoms. The Morgan fingerprint density at radius 2 is 1.81 bits per heavy atom. The van der Waals surface area contributed by atoms with Crippen molar-refractivity contribution in [3.63, 3.8) is 0 Å². The summed E-state index contributed by atoms with van der Waals surface area (Å²) in [6.45, 7) is 2.41. The molecule has 1 aromatic rings. The second-order valence-corrected chi connectivity index (χ2v) is 7.90. The average molecular weight is 433 g/mol. The van der Waals surface area contributed by atoms with Gasteiger partial charge in [-0.3, -0.25) is 9.59 Å². The molecule has 4 aliphatic rings. The third-order valence-electron chi connectivity index (χ3n) is 5.60. The van der Waals surface area contributed by atoms with Gasteiger partial charge in [-0.05, 0) is 65.2 Å². The highest BCUT2D eigenvalue weighted by atomic mass is 79.9. The molecule has 2 amide bonds. The van der Waals surface area contributed by atoms with E-state index in [4.69, 9.17) is 9.47 Å². The lowest BCUT2D eigenvalue weighted by atomic mass is 9.63. The largest absolute Gasteiger partial charge is 0.493 e. The number of carbonyl (C=O) groups excluding carboxylic acids is 2. The Morgan fingerprint density at radius 3 is 2.33 bits per heavy atom. The van der Waals surface area contributed by atoms with Gasteiger partial charge in [0.05, 0.1) is 36.2 Å². The zero-order valence-corrected chi connectivity index (χ0v) is 16.8. The molecule has 5 rings (SSSR count). The van der Waals surface area contributed by atoms with E-state index in [1.807, 2.05) is 13.0 Å². The highest BCUT2D eigenvalue weighted by molar-refractivity contribution is 9.10. The summed E-state index contributed by atoms with van der Waals surface area (Å²) in [6, 6.07) is 3.59. The third-order valence-corrected chi connectivity index (χ3v) is 6.19. The van der Waals surface area contributed by atoms with Crippen molar-refractivity contribution in [1.82, 2.24) is 5.01 Å². The van der Waals surface area contributed by atoms with E-state index in [9.17, 15) is 9.59 Å². The van der Waals surface area contributed by atoms with Crippen LogP contribution in [0.3, 0.4) is 0 Å². The lowest BCUT2D eigenvalue weighted by Gasteiger charge is -2.37. The van der Waals surface area contributed by atoms with Crippen LogP contribution in [-0.4, -0.2) is 36.8 Å². The second kappa shape index (κ2) is 7.11. The number of halogens is 1. The first-order chi connectivity index (χ1) is 13.0. The molecule has 6 nitrogen and oxygen atoms in total. The second-order valence-electron chi connectivity index (χ2n) is 7.04. The first-order valence-electron chi connectivity index (χ1n) is 9.15. The number of hydrazone groups is 1. The zero-order chi connectivity index (χ0) is 19.1. The molecule has 1 saturated heterocycles. The predicted octanol–water partition coefficient (Wildman–Crippen LogP) is 3.39. The number of amides is 2. The van der Waals surface area contributed by atoms with Crippen molar-refractivity contribution in [3.05, 3.63) is 34.3 Å². The molecule has 2 fully saturated rings. The predicted molar refractivity (Wildman–Crippen MR) is 104 cm³/mol. The van der Waals surface area contributed by atoms with Gasteiger partial charge in [0.1, 0.15) is 0 Å². The fourth-order valence-corrected chi connectivity index (χ4v) is 4.97. The first-order valence-corrected chi connectivity index (χ1v) is 9.95. The summed E-state index contributed by atoms with van der Waals surface area (Å²) in [5.74, 6) is 0.629. The molecular formula is C20H21BrN2O4. The van der Waals surface area contributed by atoms with E-state index in [1.165, 1.54) is 6.21 Å². The van der Waals surface area contributed by atoms with Gasteiger partial charge in [-0.15, -0.1) is 0 Å². The van der Waals surface area contributed by atoms with E-state index in [-0.39, 0.29) is 35.5 Å². The van der Waals surface area contributed by atoms with E-state index in [0.29, 0.717) is 23.7 Å². The van der Waals surface area contributed by atoms with Crippen LogP contribution in [0.15, 0.2) is 33.9 Å². The Bertz CT molecular complexity index is 819. The van der Waals surface area contributed by atoms with Gasteiger partial charge in [0.2, 0.25) is 0 Å². The fraction of sp³-hybridized carbons (Fsp3) is 0.450. The Hall–Kier alpha value is -2.15. The van der Waals surface area contributed by atoms with Crippen molar-refractivity contribution in [2.24, 2.45) is 28.8 Å². The highest BCUT2D eigenvalue weighted by Crippen LogP contribution is 2.49. The van der Waals surface area contributed by atoms with Crippen molar-refractivity contribution >= 4 is 34.0 Å². The van der Waals surface area contributed by atoms with E-state index in [0.717, 1.165) is 22.3 Å². The number of benzene rings is 1. The van der Waals surface area contributed by atoms with E-state index in [1.54, 1.807) is 13.2 Å². The molecule has 0 aromatic heterocycles. The fourth-order valence-electron chi connectivity index (χ4n) is 4.40. The number of hydrogen-bond donors (Lipinski definition) is 0. The van der Waals surface area contributed by atoms with Gasteiger partial charge in [0, 0.05) is 0 Å². The van der Waals surface area contributed by atoms with E-state index < -0.39 is 0 Å². The smallest absolute Gasteiger partial charge is 0.254 e. The Morgan fingerprint density at radius 1 is 1.19 bits per heavy atom. The van der Waals surface area contributed by atoms with Crippen molar-refractivity contribution < 1.29 is 19.1 Å². The van der Waals surface area contributed by atoms with E-state index in [2.05, 4.69) is 33.2 Å². The number of fused-ring (bicyclic) bond motifs is 1. The molecule has 1 aliphatic heterocycles. The van der Waals surface area contributed by atoms with Crippen molar-refractivity contribution in [2.45, 2.75) is 19.8 Å². The third kappa shape index (κ3) is 2.98. The van der Waals surface area contributed by atoms with E-state index >= 15 is 0 Å². The average Bonchev–Trinajstić information content (AvgIpc) is 2.95. The summed E-state index contributed by atoms with van der Waals surface area (Å²) in [5, 5.41) is 5.29. The number of ether oxygens (including phenoxy) is 2. The standard InChI is InChI=1S/C20H21BrN2O4/c1-3-27-18-14(21)8-11(9-15(18)26-2)10-22-23-19(24)16-12-4-5-13(7-6-12)17(16)20(23)25/h4-5,8-10,12-13,16-17H,3,6-7H2,1-2H3/b22-10-/t12-,13-,16+,17+/m0/s1. The van der Waals surface area contributed by atoms with Gasteiger partial charge >= 0.3 is 0 Å². The molecule has 0 radical (unpaired) electrons. The van der Waals surface area contributed by atoms with Crippen LogP contribution in [0.25, 0.3) is 0 Å². The molecule has 7 heteroatoms. The summed E-state index contributed by atoms with van der Waals surface area (Å²) in [6.07, 6.45) is 7.67. The molecule has 0 N–H and O–H groups in total. The van der Waals surface area contributed by atoms with Crippen LogP contribution < -0.4 is 9.47 Å². The molecule has 0 spiro atoms. The topological polar surface area (TPSA) is 68.2 Å². The minimum absolute atomic E-state index is 0.163. The zero-order valence-electron chi connectivity index (χ0n) is 15.2. The van der Waals surface area contributed by atoms with Gasteiger partial charge in [-0.1, -0.05) is 12.2 Å². The Kier molecular flexibility index (Phi) is 4.80. The normalized spacial score (nSPS) is 28.9. The van der Waals surface area contributed by atoms with Gasteiger partial charge in [0.25, 0.3) is 11.8 Å². The van der Waals surface area contributed by atoms with Crippen LogP contribution >= 0.6 is 15.9 Å². The SMILES string of the molecule is CCOc1c(Br)cc(/C=N\N2C(=O)[C@H]3[C@H](C2=O)[C@H]2C=C[C@H]3CC2)cc1OC. The van der Waals surface area contributed by atoms with Crippen LogP contribution in [0.5, 0.6) is 11.5 Å². The van der Waals surface area contributed by atoms with Gasteiger partial charge in [-0.2, -0.15) is 10.1 Å². The minimum Gasteiger partial charge on any atom is -0.493 e. The maximum Gasteiger partial charge on any atom is 0.254 e. The van der Waals surface area contributed by atoms with Crippen molar-refractivity contribution in [1.29, 1.82) is 0 Å². The minimum atomic E-state index is -0.250. The highest BCUT2D eigenvalue weighted by Gasteiger charge is 2.56. The van der Waals surface area contributed by atoms with Crippen LogP contribution in [0, 0.1) is 23.7 Å². The Balaban J connectivity index is 1.59. The Labute approximate surface area is 166 Å². The molecule has 142 valence electrons. The molecule has 2 bridgehead atoms. The quantitative estimate of drug-likeness (QED) is 0.406. The summed E-state index contributed by atoms with van der Waals surface area (Å²) in [4.78, 5) is 25.6. The van der Waals surface area contributed by atoms with Crippen LogP contribution in [0.1, 0.15) is 25.3 Å². The van der Waals surface area contributed by atoms with Crippen molar-refractivity contribution in [3.8, 4) is 11.5 Å². The van der Waals surface area contributed by atoms with Crippen LogP contribution in [-0.2, 0) is 9.59 Å². The number of allylic oxidation sites excluding steroid dienone is 2. The molecule has 0 unspecified atom stereocenters. The maximum absolute atomic E-state index is 12.8.